The summed E-state index contributed by atoms with van der Waals surface area (Å²) in [6, 6.07) is 0. The van der Waals surface area contributed by atoms with Crippen molar-refractivity contribution in [3.63, 3.8) is 0 Å². The highest BCUT2D eigenvalue weighted by Gasteiger charge is 2.18. The molecule has 0 saturated carbocycles. The van der Waals surface area contributed by atoms with E-state index in [2.05, 4.69) is 15.0 Å². The Morgan fingerprint density at radius 3 is 3.27 bits per heavy atom. The smallest absolute Gasteiger partial charge is 0.158 e. The van der Waals surface area contributed by atoms with Crippen LogP contribution < -0.4 is 10.6 Å². The van der Waals surface area contributed by atoms with E-state index in [1.165, 1.54) is 0 Å². The van der Waals surface area contributed by atoms with E-state index in [0.29, 0.717) is 0 Å². The zero-order valence-corrected chi connectivity index (χ0v) is 6.15. The predicted octanol–water partition coefficient (Wildman–Crippen LogP) is -0.155. The summed E-state index contributed by atoms with van der Waals surface area (Å²) in [6.45, 7) is 0. The van der Waals surface area contributed by atoms with Crippen molar-refractivity contribution in [2.45, 2.75) is 6.17 Å². The molecule has 0 aromatic carbocycles. The first-order chi connectivity index (χ1) is 5.29. The molecule has 0 radical (unpaired) electrons. The maximum Gasteiger partial charge on any atom is 0.158 e. The van der Waals surface area contributed by atoms with E-state index in [9.17, 15) is 0 Å². The van der Waals surface area contributed by atoms with E-state index in [-0.39, 0.29) is 6.17 Å². The van der Waals surface area contributed by atoms with Crippen molar-refractivity contribution in [1.29, 1.82) is 0 Å². The van der Waals surface area contributed by atoms with Crippen molar-refractivity contribution < 1.29 is 0 Å². The Hall–Kier alpha value is -1.36. The fraction of sp³-hybridized carbons (Fsp3) is 0.333. The molecule has 11 heavy (non-hydrogen) atoms. The van der Waals surface area contributed by atoms with E-state index >= 15 is 0 Å². The molecule has 1 atom stereocenters. The molecule has 0 aliphatic carbocycles. The van der Waals surface area contributed by atoms with Crippen molar-refractivity contribution in [2.24, 2.45) is 10.7 Å². The number of nitrogens with zero attached hydrogens (tertiary/aromatic N) is 3. The number of hydrogen-bond acceptors (Lipinski definition) is 4. The largest absolute Gasteiger partial charge is 0.344 e. The molecule has 1 aliphatic heterocycles. The first-order valence-electron chi connectivity index (χ1n) is 3.34. The van der Waals surface area contributed by atoms with Crippen molar-refractivity contribution in [2.75, 3.05) is 11.9 Å². The lowest BCUT2D eigenvalue weighted by Crippen LogP contribution is -2.25. The lowest BCUT2D eigenvalue weighted by atomic mass is 10.3. The van der Waals surface area contributed by atoms with Gasteiger partial charge in [-0.25, -0.2) is 4.98 Å². The number of fused-ring (bicyclic) bond motifs is 1. The number of aliphatic imine (C=N–C) groups is 1. The van der Waals surface area contributed by atoms with Crippen molar-refractivity contribution in [1.82, 2.24) is 9.97 Å². The van der Waals surface area contributed by atoms with Crippen LogP contribution >= 0.6 is 0 Å². The number of imidazole rings is 1. The van der Waals surface area contributed by atoms with Crippen LogP contribution in [-0.2, 0) is 0 Å². The Bertz CT molecular complexity index is 262. The van der Waals surface area contributed by atoms with Gasteiger partial charge in [-0.15, -0.1) is 0 Å². The van der Waals surface area contributed by atoms with Gasteiger partial charge in [0.2, 0.25) is 0 Å². The average molecular weight is 151 g/mol. The molecule has 2 rings (SSSR count). The maximum absolute atomic E-state index is 5.66. The molecule has 5 nitrogen and oxygen atoms in total. The summed E-state index contributed by atoms with van der Waals surface area (Å²) in [4.78, 5) is 12.9. The molecule has 0 unspecified atom stereocenters. The van der Waals surface area contributed by atoms with Crippen LogP contribution in [0.15, 0.2) is 11.3 Å². The molecule has 58 valence electrons. The molecule has 0 bridgehead atoms. The summed E-state index contributed by atoms with van der Waals surface area (Å²) in [5.74, 6) is 0.854. The SMILES string of the molecule is CN1C=N[C@@H](N)c2[nH]cnc21. The topological polar surface area (TPSA) is 70.3 Å². The fourth-order valence-corrected chi connectivity index (χ4v) is 1.10. The second-order valence-corrected chi connectivity index (χ2v) is 2.46. The minimum absolute atomic E-state index is 0.288. The Labute approximate surface area is 63.9 Å². The third-order valence-corrected chi connectivity index (χ3v) is 1.68. The number of aromatic amines is 1. The minimum Gasteiger partial charge on any atom is -0.344 e. The molecule has 1 aromatic heterocycles. The van der Waals surface area contributed by atoms with Gasteiger partial charge >= 0.3 is 0 Å². The zero-order chi connectivity index (χ0) is 7.84. The van der Waals surface area contributed by atoms with Crippen LogP contribution in [0.4, 0.5) is 5.82 Å². The van der Waals surface area contributed by atoms with Gasteiger partial charge in [-0.3, -0.25) is 4.99 Å². The molecule has 5 heteroatoms. The molecule has 3 N–H and O–H groups in total. The van der Waals surface area contributed by atoms with Gasteiger partial charge in [0.1, 0.15) is 6.17 Å². The van der Waals surface area contributed by atoms with Crippen LogP contribution in [-0.4, -0.2) is 23.4 Å². The van der Waals surface area contributed by atoms with Gasteiger partial charge in [0, 0.05) is 7.05 Å². The monoisotopic (exact) mass is 151 g/mol. The van der Waals surface area contributed by atoms with Crippen molar-refractivity contribution >= 4 is 12.2 Å². The van der Waals surface area contributed by atoms with E-state index in [1.54, 1.807) is 12.7 Å². The Morgan fingerprint density at radius 1 is 1.73 bits per heavy atom. The van der Waals surface area contributed by atoms with Crippen molar-refractivity contribution in [3.8, 4) is 0 Å². The quantitative estimate of drug-likeness (QED) is 0.541. The predicted molar refractivity (Wildman–Crippen MR) is 42.4 cm³/mol. The molecule has 0 amide bonds. The zero-order valence-electron chi connectivity index (χ0n) is 6.15. The van der Waals surface area contributed by atoms with E-state index < -0.39 is 0 Å². The third-order valence-electron chi connectivity index (χ3n) is 1.68. The highest BCUT2D eigenvalue weighted by atomic mass is 15.3. The van der Waals surface area contributed by atoms with E-state index in [4.69, 9.17) is 5.73 Å². The third kappa shape index (κ3) is 0.813. The number of H-pyrrole nitrogens is 1. The van der Waals surface area contributed by atoms with Crippen LogP contribution in [0.1, 0.15) is 11.9 Å². The molecule has 0 saturated heterocycles. The number of aromatic nitrogens is 2. The van der Waals surface area contributed by atoms with E-state index in [0.717, 1.165) is 11.5 Å². The van der Waals surface area contributed by atoms with Crippen LogP contribution in [0.25, 0.3) is 0 Å². The summed E-state index contributed by atoms with van der Waals surface area (Å²) in [5, 5.41) is 0. The lowest BCUT2D eigenvalue weighted by Gasteiger charge is -2.19. The van der Waals surface area contributed by atoms with Gasteiger partial charge in [-0.2, -0.15) is 0 Å². The molecule has 0 fully saturated rings. The molecule has 2 heterocycles. The summed E-state index contributed by atoms with van der Waals surface area (Å²) in [5.41, 5.74) is 6.53. The Morgan fingerprint density at radius 2 is 2.55 bits per heavy atom. The number of anilines is 1. The molecule has 0 spiro atoms. The summed E-state index contributed by atoms with van der Waals surface area (Å²) in [7, 11) is 1.88. The summed E-state index contributed by atoms with van der Waals surface area (Å²) < 4.78 is 0. The van der Waals surface area contributed by atoms with Gasteiger partial charge in [0.25, 0.3) is 0 Å². The van der Waals surface area contributed by atoms with Gasteiger partial charge in [-0.05, 0) is 0 Å². The molecule has 1 aromatic rings. The number of nitrogens with one attached hydrogen (secondary N) is 1. The summed E-state index contributed by atoms with van der Waals surface area (Å²) >= 11 is 0. The highest BCUT2D eigenvalue weighted by Crippen LogP contribution is 2.23. The average Bonchev–Trinajstić information content (AvgIpc) is 2.45. The summed E-state index contributed by atoms with van der Waals surface area (Å²) in [6.07, 6.45) is 3.01. The molecule has 1 aliphatic rings. The van der Waals surface area contributed by atoms with Gasteiger partial charge in [0.05, 0.1) is 18.4 Å². The van der Waals surface area contributed by atoms with Crippen LogP contribution in [0, 0.1) is 0 Å². The molecular weight excluding hydrogens is 142 g/mol. The van der Waals surface area contributed by atoms with Crippen LogP contribution in [0.2, 0.25) is 0 Å². The number of hydrogen-bond donors (Lipinski definition) is 2. The Kier molecular flexibility index (Phi) is 1.19. The standard InChI is InChI=1S/C6H9N5/c1-11-3-10-5(7)4-6(11)9-2-8-4/h2-3,5H,7H2,1H3,(H,8,9)/t5-/m1/s1. The highest BCUT2D eigenvalue weighted by molar-refractivity contribution is 5.80. The fourth-order valence-electron chi connectivity index (χ4n) is 1.10. The van der Waals surface area contributed by atoms with Gasteiger partial charge in [-0.1, -0.05) is 0 Å². The first kappa shape index (κ1) is 6.36. The number of nitrogens with two attached hydrogens (primary N) is 1. The van der Waals surface area contributed by atoms with Gasteiger partial charge in [0.15, 0.2) is 5.82 Å². The van der Waals surface area contributed by atoms with Gasteiger partial charge < -0.3 is 15.6 Å². The molecular formula is C6H9N5. The number of rotatable bonds is 0. The van der Waals surface area contributed by atoms with Crippen molar-refractivity contribution in [3.05, 3.63) is 12.0 Å². The van der Waals surface area contributed by atoms with Crippen LogP contribution in [0.3, 0.4) is 0 Å². The minimum atomic E-state index is -0.288. The van der Waals surface area contributed by atoms with Crippen LogP contribution in [0.5, 0.6) is 0 Å². The Balaban J connectivity index is 2.50. The maximum atomic E-state index is 5.66. The second-order valence-electron chi connectivity index (χ2n) is 2.46. The first-order valence-corrected chi connectivity index (χ1v) is 3.34. The lowest BCUT2D eigenvalue weighted by molar-refractivity contribution is 0.739. The van der Waals surface area contributed by atoms with E-state index in [1.807, 2.05) is 11.9 Å². The normalized spacial score (nSPS) is 22.0. The second kappa shape index (κ2) is 2.06.